The summed E-state index contributed by atoms with van der Waals surface area (Å²) >= 11 is 0. The SMILES string of the molecule is Cc1ccc2c(c1)CCC[C@@H]2Nc1ccc2[nH]nc(-c3ccnc(C)c3)c2c1. The fourth-order valence-corrected chi connectivity index (χ4v) is 4.31. The molecule has 0 amide bonds. The van der Waals surface area contributed by atoms with Crippen molar-refractivity contribution in [2.45, 2.75) is 39.2 Å². The van der Waals surface area contributed by atoms with Crippen LogP contribution in [0.15, 0.2) is 54.7 Å². The molecule has 2 aromatic carbocycles. The molecule has 0 saturated heterocycles. The van der Waals surface area contributed by atoms with E-state index in [4.69, 9.17) is 0 Å². The highest BCUT2D eigenvalue weighted by Crippen LogP contribution is 2.35. The molecular weight excluding hydrogens is 344 g/mol. The number of H-pyrrole nitrogens is 1. The fourth-order valence-electron chi connectivity index (χ4n) is 4.31. The molecule has 1 aliphatic rings. The zero-order chi connectivity index (χ0) is 19.1. The van der Waals surface area contributed by atoms with E-state index >= 15 is 0 Å². The lowest BCUT2D eigenvalue weighted by atomic mass is 9.86. The molecule has 0 aliphatic heterocycles. The predicted molar refractivity (Wildman–Crippen MR) is 115 cm³/mol. The van der Waals surface area contributed by atoms with E-state index in [0.29, 0.717) is 6.04 Å². The van der Waals surface area contributed by atoms with Crippen LogP contribution in [0.25, 0.3) is 22.2 Å². The number of nitrogens with zero attached hydrogens (tertiary/aromatic N) is 2. The summed E-state index contributed by atoms with van der Waals surface area (Å²) in [6.45, 7) is 4.18. The minimum atomic E-state index is 0.361. The third-order valence-corrected chi connectivity index (χ3v) is 5.69. The van der Waals surface area contributed by atoms with E-state index in [1.54, 1.807) is 0 Å². The second kappa shape index (κ2) is 6.79. The van der Waals surface area contributed by atoms with Gasteiger partial charge in [0.1, 0.15) is 5.69 Å². The lowest BCUT2D eigenvalue weighted by Crippen LogP contribution is -2.17. The summed E-state index contributed by atoms with van der Waals surface area (Å²) in [5.41, 5.74) is 9.52. The van der Waals surface area contributed by atoms with Crippen molar-refractivity contribution in [3.63, 3.8) is 0 Å². The Hall–Kier alpha value is -3.14. The number of fused-ring (bicyclic) bond motifs is 2. The lowest BCUT2D eigenvalue weighted by Gasteiger charge is -2.27. The summed E-state index contributed by atoms with van der Waals surface area (Å²) in [5, 5.41) is 12.6. The van der Waals surface area contributed by atoms with Crippen molar-refractivity contribution in [3.8, 4) is 11.3 Å². The third-order valence-electron chi connectivity index (χ3n) is 5.69. The predicted octanol–water partition coefficient (Wildman–Crippen LogP) is 5.73. The topological polar surface area (TPSA) is 53.6 Å². The highest BCUT2D eigenvalue weighted by atomic mass is 15.1. The van der Waals surface area contributed by atoms with Gasteiger partial charge in [-0.15, -0.1) is 0 Å². The van der Waals surface area contributed by atoms with Gasteiger partial charge < -0.3 is 5.32 Å². The molecule has 2 N–H and O–H groups in total. The Labute approximate surface area is 165 Å². The van der Waals surface area contributed by atoms with Crippen molar-refractivity contribution in [3.05, 3.63) is 77.1 Å². The van der Waals surface area contributed by atoms with E-state index < -0.39 is 0 Å². The van der Waals surface area contributed by atoms with Crippen LogP contribution in [0.3, 0.4) is 0 Å². The van der Waals surface area contributed by atoms with Gasteiger partial charge in [-0.2, -0.15) is 5.10 Å². The molecule has 0 bridgehead atoms. The van der Waals surface area contributed by atoms with Gasteiger partial charge in [-0.05, 0) is 74.6 Å². The number of pyridine rings is 1. The van der Waals surface area contributed by atoms with Crippen molar-refractivity contribution in [1.82, 2.24) is 15.2 Å². The highest BCUT2D eigenvalue weighted by Gasteiger charge is 2.20. The Kier molecular flexibility index (Phi) is 4.12. The molecule has 2 aromatic heterocycles. The first-order valence-electron chi connectivity index (χ1n) is 9.94. The Bertz CT molecular complexity index is 1160. The second-order valence-electron chi connectivity index (χ2n) is 7.81. The van der Waals surface area contributed by atoms with Gasteiger partial charge >= 0.3 is 0 Å². The molecule has 0 radical (unpaired) electrons. The summed E-state index contributed by atoms with van der Waals surface area (Å²) in [4.78, 5) is 4.30. The molecule has 4 nitrogen and oxygen atoms in total. The number of aryl methyl sites for hydroxylation is 3. The van der Waals surface area contributed by atoms with Gasteiger partial charge in [0.15, 0.2) is 0 Å². The summed E-state index contributed by atoms with van der Waals surface area (Å²) in [6, 6.07) is 17.8. The summed E-state index contributed by atoms with van der Waals surface area (Å²) in [6.07, 6.45) is 5.41. The van der Waals surface area contributed by atoms with Crippen molar-refractivity contribution >= 4 is 16.6 Å². The number of aromatic amines is 1. The maximum Gasteiger partial charge on any atom is 0.100 e. The molecule has 0 fully saturated rings. The highest BCUT2D eigenvalue weighted by molar-refractivity contribution is 5.94. The van der Waals surface area contributed by atoms with Crippen LogP contribution >= 0.6 is 0 Å². The van der Waals surface area contributed by atoms with Gasteiger partial charge in [0, 0.05) is 28.5 Å². The molecule has 0 saturated carbocycles. The number of rotatable bonds is 3. The standard InChI is InChI=1S/C24H24N4/c1-15-6-8-20-17(12-15)4-3-5-22(20)26-19-7-9-23-21(14-19)24(28-27-23)18-10-11-25-16(2)13-18/h6-14,22,26H,3-5H2,1-2H3,(H,27,28)/t22-/m0/s1. The molecule has 4 heteroatoms. The van der Waals surface area contributed by atoms with Crippen LogP contribution in [0.5, 0.6) is 0 Å². The normalized spacial score (nSPS) is 16.1. The minimum Gasteiger partial charge on any atom is -0.378 e. The first-order valence-corrected chi connectivity index (χ1v) is 9.94. The van der Waals surface area contributed by atoms with Gasteiger partial charge in [0.05, 0.1) is 11.6 Å². The number of benzene rings is 2. The number of hydrogen-bond donors (Lipinski definition) is 2. The smallest absolute Gasteiger partial charge is 0.100 e. The molecule has 140 valence electrons. The van der Waals surface area contributed by atoms with Crippen LogP contribution < -0.4 is 5.32 Å². The third kappa shape index (κ3) is 3.05. The molecular formula is C24H24N4. The van der Waals surface area contributed by atoms with Crippen LogP contribution in [-0.4, -0.2) is 15.2 Å². The van der Waals surface area contributed by atoms with Crippen molar-refractivity contribution in [2.75, 3.05) is 5.32 Å². The van der Waals surface area contributed by atoms with Crippen molar-refractivity contribution in [2.24, 2.45) is 0 Å². The van der Waals surface area contributed by atoms with E-state index in [9.17, 15) is 0 Å². The van der Waals surface area contributed by atoms with Crippen molar-refractivity contribution < 1.29 is 0 Å². The zero-order valence-corrected chi connectivity index (χ0v) is 16.3. The van der Waals surface area contributed by atoms with Gasteiger partial charge in [-0.1, -0.05) is 23.8 Å². The minimum absolute atomic E-state index is 0.361. The Morgan fingerprint density at radius 3 is 2.86 bits per heavy atom. The van der Waals surface area contributed by atoms with Crippen LogP contribution in [0.4, 0.5) is 5.69 Å². The number of hydrogen-bond acceptors (Lipinski definition) is 3. The Morgan fingerprint density at radius 2 is 1.96 bits per heavy atom. The maximum absolute atomic E-state index is 4.56. The molecule has 2 heterocycles. The quantitative estimate of drug-likeness (QED) is 0.485. The molecule has 0 unspecified atom stereocenters. The second-order valence-corrected chi connectivity index (χ2v) is 7.81. The summed E-state index contributed by atoms with van der Waals surface area (Å²) in [7, 11) is 0. The molecule has 0 spiro atoms. The first kappa shape index (κ1) is 17.0. The molecule has 1 atom stereocenters. The Morgan fingerprint density at radius 1 is 1.04 bits per heavy atom. The molecule has 1 aliphatic carbocycles. The maximum atomic E-state index is 4.56. The zero-order valence-electron chi connectivity index (χ0n) is 16.3. The van der Waals surface area contributed by atoms with Gasteiger partial charge in [-0.3, -0.25) is 10.1 Å². The van der Waals surface area contributed by atoms with E-state index in [2.05, 4.69) is 69.9 Å². The first-order chi connectivity index (χ1) is 13.7. The fraction of sp³-hybridized carbons (Fsp3) is 0.250. The largest absolute Gasteiger partial charge is 0.378 e. The lowest BCUT2D eigenvalue weighted by molar-refractivity contribution is 0.600. The monoisotopic (exact) mass is 368 g/mol. The number of aromatic nitrogens is 3. The van der Waals surface area contributed by atoms with Gasteiger partial charge in [0.2, 0.25) is 0 Å². The van der Waals surface area contributed by atoms with Crippen LogP contribution in [0.1, 0.15) is 41.3 Å². The van der Waals surface area contributed by atoms with E-state index in [-0.39, 0.29) is 0 Å². The average molecular weight is 368 g/mol. The van der Waals surface area contributed by atoms with Crippen LogP contribution in [0.2, 0.25) is 0 Å². The average Bonchev–Trinajstić information content (AvgIpc) is 3.11. The molecule has 5 rings (SSSR count). The molecule has 28 heavy (non-hydrogen) atoms. The van der Waals surface area contributed by atoms with Gasteiger partial charge in [0.25, 0.3) is 0 Å². The summed E-state index contributed by atoms with van der Waals surface area (Å²) in [5.74, 6) is 0. The van der Waals surface area contributed by atoms with Crippen LogP contribution in [-0.2, 0) is 6.42 Å². The van der Waals surface area contributed by atoms with E-state index in [1.807, 2.05) is 19.2 Å². The van der Waals surface area contributed by atoms with E-state index in [0.717, 1.165) is 40.0 Å². The van der Waals surface area contributed by atoms with Gasteiger partial charge in [-0.25, -0.2) is 0 Å². The molecule has 4 aromatic rings. The van der Waals surface area contributed by atoms with E-state index in [1.165, 1.54) is 29.5 Å². The summed E-state index contributed by atoms with van der Waals surface area (Å²) < 4.78 is 0. The van der Waals surface area contributed by atoms with Crippen LogP contribution in [0, 0.1) is 13.8 Å². The number of nitrogens with one attached hydrogen (secondary N) is 2. The van der Waals surface area contributed by atoms with Crippen molar-refractivity contribution in [1.29, 1.82) is 0 Å². The Balaban J connectivity index is 1.50. The number of anilines is 1.